The molecule has 0 amide bonds. The second-order valence-electron chi connectivity index (χ2n) is 36.8. The molecule has 27 aromatic rings. The molecule has 7 heterocycles. The topological polar surface area (TPSA) is 92.0 Å². The maximum atomic E-state index is 5.27. The molecule has 0 unspecified atom stereocenters. The van der Waals surface area contributed by atoms with Gasteiger partial charge in [-0.2, -0.15) is 0 Å². The molecule has 10 nitrogen and oxygen atoms in total. The van der Waals surface area contributed by atoms with Crippen LogP contribution >= 0.6 is 0 Å². The lowest BCUT2D eigenvalue weighted by molar-refractivity contribution is 1.01. The van der Waals surface area contributed by atoms with Crippen LogP contribution in [-0.2, 0) is 0 Å². The SMILES string of the molecule is c1ccc(-c2cc3c4c(cccc4c2)N(c2cccc(-c4cccc(-c5ccc6c7ccccc7c7ccccc7c6c5)c4)c2)c2cncnc2-3)cc1.c1ccc(-c2cc3c4c(cccc4c2)N(c2cccc(-c4cccc(-c5ccc6c7ccccc7c7ccccc7c6c5)c4)c2)c2ncncc2-3)cc1.c1ccc(N2c3ccccc3-c3nc(-n4c5ccccc5c5ccccc54)nc4cccc2c34)cc1. The molecule has 30 rings (SSSR count). The first kappa shape index (κ1) is 81.2. The summed E-state index contributed by atoms with van der Waals surface area (Å²) in [6.45, 7) is 0. The van der Waals surface area contributed by atoms with Crippen LogP contribution in [0.4, 0.5) is 51.3 Å². The predicted molar refractivity (Wildman–Crippen MR) is 592 cm³/mol. The van der Waals surface area contributed by atoms with Crippen LogP contribution in [0.15, 0.2) is 498 Å². The zero-order valence-corrected chi connectivity index (χ0v) is 76.8. The highest BCUT2D eigenvalue weighted by Gasteiger charge is 2.33. The molecule has 0 spiro atoms. The van der Waals surface area contributed by atoms with E-state index in [9.17, 15) is 0 Å². The van der Waals surface area contributed by atoms with E-state index < -0.39 is 0 Å². The van der Waals surface area contributed by atoms with E-state index in [4.69, 9.17) is 19.9 Å². The van der Waals surface area contributed by atoms with Gasteiger partial charge in [0.2, 0.25) is 5.95 Å². The Morgan fingerprint density at radius 2 is 0.556 bits per heavy atom. The monoisotopic (exact) mass is 1810 g/mol. The Balaban J connectivity index is 0.000000106. The maximum Gasteiger partial charge on any atom is 0.235 e. The first-order valence-corrected chi connectivity index (χ1v) is 48.2. The normalized spacial score (nSPS) is 12.2. The van der Waals surface area contributed by atoms with Crippen LogP contribution in [-0.4, -0.2) is 34.5 Å². The van der Waals surface area contributed by atoms with Gasteiger partial charge >= 0.3 is 0 Å². The second kappa shape index (κ2) is 33.4. The average molecular weight is 1810 g/mol. The zero-order valence-electron chi connectivity index (χ0n) is 76.8. The highest BCUT2D eigenvalue weighted by atomic mass is 15.2. The first-order chi connectivity index (χ1) is 70.4. The number of benzene rings is 23. The van der Waals surface area contributed by atoms with Crippen LogP contribution in [0, 0.1) is 0 Å². The lowest BCUT2D eigenvalue weighted by Gasteiger charge is -2.32. The van der Waals surface area contributed by atoms with Crippen molar-refractivity contribution in [2.75, 3.05) is 14.7 Å². The van der Waals surface area contributed by atoms with Gasteiger partial charge in [-0.1, -0.05) is 346 Å². The fourth-order valence-corrected chi connectivity index (χ4v) is 22.6. The summed E-state index contributed by atoms with van der Waals surface area (Å²) in [5.74, 6) is 1.57. The molecule has 660 valence electrons. The van der Waals surface area contributed by atoms with E-state index in [1.807, 2.05) is 12.4 Å². The Morgan fingerprint density at radius 1 is 0.183 bits per heavy atom. The molecule has 23 aromatic carbocycles. The molecular formula is C132H82N10. The fourth-order valence-electron chi connectivity index (χ4n) is 22.6. The van der Waals surface area contributed by atoms with E-state index >= 15 is 0 Å². The van der Waals surface area contributed by atoms with Gasteiger partial charge in [0.15, 0.2) is 0 Å². The van der Waals surface area contributed by atoms with Gasteiger partial charge in [-0.25, -0.2) is 29.9 Å². The molecule has 3 aliphatic rings. The third-order valence-electron chi connectivity index (χ3n) is 28.9. The van der Waals surface area contributed by atoms with Crippen molar-refractivity contribution in [3.63, 3.8) is 0 Å². The molecule has 0 N–H and O–H groups in total. The van der Waals surface area contributed by atoms with E-state index in [0.717, 1.165) is 118 Å². The molecule has 0 saturated heterocycles. The minimum absolute atomic E-state index is 0.690. The molecular weight excluding hydrogens is 1730 g/mol. The molecule has 0 aliphatic carbocycles. The van der Waals surface area contributed by atoms with Crippen molar-refractivity contribution in [2.24, 2.45) is 0 Å². The van der Waals surface area contributed by atoms with Crippen LogP contribution in [0.25, 0.3) is 225 Å². The molecule has 0 saturated carbocycles. The van der Waals surface area contributed by atoms with E-state index in [1.54, 1.807) is 12.7 Å². The molecule has 0 fully saturated rings. The summed E-state index contributed by atoms with van der Waals surface area (Å²) in [7, 11) is 0. The smallest absolute Gasteiger partial charge is 0.235 e. The quantitative estimate of drug-likeness (QED) is 0.124. The Labute approximate surface area is 818 Å². The van der Waals surface area contributed by atoms with Crippen LogP contribution in [0.2, 0.25) is 0 Å². The average Bonchev–Trinajstić information content (AvgIpc) is 1.33. The van der Waals surface area contributed by atoms with Crippen LogP contribution in [0.3, 0.4) is 0 Å². The van der Waals surface area contributed by atoms with Gasteiger partial charge < -0.3 is 9.80 Å². The van der Waals surface area contributed by atoms with Gasteiger partial charge in [-0.3, -0.25) is 9.47 Å². The van der Waals surface area contributed by atoms with E-state index in [0.29, 0.717) is 5.95 Å². The largest absolute Gasteiger partial charge is 0.309 e. The summed E-state index contributed by atoms with van der Waals surface area (Å²) >= 11 is 0. The second-order valence-corrected chi connectivity index (χ2v) is 36.8. The van der Waals surface area contributed by atoms with E-state index in [-0.39, 0.29) is 0 Å². The van der Waals surface area contributed by atoms with Gasteiger partial charge in [0.05, 0.1) is 68.0 Å². The highest BCUT2D eigenvalue weighted by Crippen LogP contribution is 2.56. The molecule has 0 radical (unpaired) electrons. The first-order valence-electron chi connectivity index (χ1n) is 48.2. The molecule has 4 aromatic heterocycles. The van der Waals surface area contributed by atoms with Crippen molar-refractivity contribution in [1.82, 2.24) is 34.5 Å². The Hall–Kier alpha value is -19.2. The summed E-state index contributed by atoms with van der Waals surface area (Å²) in [4.78, 5) is 36.2. The van der Waals surface area contributed by atoms with Gasteiger partial charge in [-0.05, 0) is 275 Å². The van der Waals surface area contributed by atoms with Crippen molar-refractivity contribution < 1.29 is 0 Å². The summed E-state index contributed by atoms with van der Waals surface area (Å²) in [5, 5.41) is 23.7. The van der Waals surface area contributed by atoms with Crippen LogP contribution < -0.4 is 14.7 Å². The lowest BCUT2D eigenvalue weighted by atomic mass is 9.89. The van der Waals surface area contributed by atoms with Crippen molar-refractivity contribution in [3.05, 3.63) is 498 Å². The van der Waals surface area contributed by atoms with Gasteiger partial charge in [0, 0.05) is 61.5 Å². The number of aromatic nitrogens is 7. The molecule has 142 heavy (non-hydrogen) atoms. The minimum Gasteiger partial charge on any atom is -0.309 e. The van der Waals surface area contributed by atoms with Crippen molar-refractivity contribution >= 4 is 170 Å². The molecule has 3 aliphatic heterocycles. The number of rotatable bonds is 10. The van der Waals surface area contributed by atoms with Crippen LogP contribution in [0.5, 0.6) is 0 Å². The predicted octanol–water partition coefficient (Wildman–Crippen LogP) is 35.3. The van der Waals surface area contributed by atoms with E-state index in [2.05, 4.69) is 502 Å². The van der Waals surface area contributed by atoms with Gasteiger partial charge in [0.25, 0.3) is 0 Å². The standard InChI is InChI=1S/2C50H31N3.C32H20N4/c1-2-11-32(12-3-1)38-26-37-16-10-22-48-49(37)46(29-38)47-30-51-31-52-50(47)53(48)39-17-9-15-35(27-39)33-13-8-14-34(25-33)36-23-24-44-42-20-5-4-18-40(42)41-19-6-7-21-43(41)45(44)28-36;1-2-11-32(12-3-1)38-26-37-16-10-22-47-49(37)46(29-38)50-48(30-51-31-52-50)53(47)39-17-9-15-35(27-39)33-13-8-14-34(25-33)36-23-24-44-42-20-5-4-18-40(42)41-19-6-7-21-43(41)45(44)28-36;1-2-11-21(12-3-1)35-28-19-9-6-15-24(28)31-30-25(16-10-20-29(30)35)33-32(34-31)36-26-17-7-4-13-22(26)23-14-5-8-18-27(23)36/h2*1-31H;1-20H. The summed E-state index contributed by atoms with van der Waals surface area (Å²) < 4.78 is 2.19. The Bertz CT molecular complexity index is 9320. The number of hydrogen-bond acceptors (Lipinski definition) is 9. The van der Waals surface area contributed by atoms with Gasteiger partial charge in [0.1, 0.15) is 18.5 Å². The third kappa shape index (κ3) is 13.4. The number of anilines is 9. The van der Waals surface area contributed by atoms with Gasteiger partial charge in [-0.15, -0.1) is 0 Å². The van der Waals surface area contributed by atoms with E-state index in [1.165, 1.54) is 153 Å². The van der Waals surface area contributed by atoms with Crippen molar-refractivity contribution in [1.29, 1.82) is 0 Å². The van der Waals surface area contributed by atoms with Crippen molar-refractivity contribution in [2.45, 2.75) is 0 Å². The maximum absolute atomic E-state index is 5.27. The van der Waals surface area contributed by atoms with Crippen molar-refractivity contribution in [3.8, 4) is 106 Å². The third-order valence-corrected chi connectivity index (χ3v) is 28.9. The molecule has 0 atom stereocenters. The summed E-state index contributed by atoms with van der Waals surface area (Å²) in [6, 6.07) is 170. The lowest BCUT2D eigenvalue weighted by Crippen LogP contribution is -2.16. The Kier molecular flexibility index (Phi) is 19.1. The summed E-state index contributed by atoms with van der Waals surface area (Å²) in [5.41, 5.74) is 32.3. The molecule has 10 heteroatoms. The summed E-state index contributed by atoms with van der Waals surface area (Å²) in [6.07, 6.45) is 7.21. The number of fused-ring (bicyclic) bond motifs is 21. The van der Waals surface area contributed by atoms with Crippen LogP contribution in [0.1, 0.15) is 0 Å². The Morgan fingerprint density at radius 3 is 1.10 bits per heavy atom. The highest BCUT2D eigenvalue weighted by molar-refractivity contribution is 6.28. The number of hydrogen-bond donors (Lipinski definition) is 0. The number of nitrogens with zero attached hydrogens (tertiary/aromatic N) is 10. The minimum atomic E-state index is 0.690. The fraction of sp³-hybridized carbons (Fsp3) is 0. The zero-order chi connectivity index (χ0) is 93.4. The number of para-hydroxylation sites is 4. The molecule has 0 bridgehead atoms.